The number of hydrogen-bond donors (Lipinski definition) is 1. The Morgan fingerprint density at radius 2 is 1.94 bits per heavy atom. The Bertz CT molecular complexity index is 1300. The first-order valence-electron chi connectivity index (χ1n) is 10.1. The van der Waals surface area contributed by atoms with Crippen LogP contribution >= 0.6 is 0 Å². The Balaban J connectivity index is 1.67. The van der Waals surface area contributed by atoms with Gasteiger partial charge in [0.15, 0.2) is 17.2 Å². The van der Waals surface area contributed by atoms with E-state index in [4.69, 9.17) is 4.98 Å². The van der Waals surface area contributed by atoms with Crippen LogP contribution in [0.5, 0.6) is 0 Å². The van der Waals surface area contributed by atoms with Crippen LogP contribution in [-0.2, 0) is 17.3 Å². The van der Waals surface area contributed by atoms with E-state index in [-0.39, 0.29) is 10.8 Å². The maximum atomic E-state index is 9.33. The van der Waals surface area contributed by atoms with Crippen LogP contribution in [-0.4, -0.2) is 40.0 Å². The first-order chi connectivity index (χ1) is 14.6. The molecule has 0 aromatic carbocycles. The smallest absolute Gasteiger partial charge is 0.182 e. The zero-order chi connectivity index (χ0) is 22.4. The van der Waals surface area contributed by atoms with Crippen LogP contribution in [0.25, 0.3) is 17.2 Å². The monoisotopic (exact) mass is 415 g/mol. The summed E-state index contributed by atoms with van der Waals surface area (Å²) >= 11 is 0. The van der Waals surface area contributed by atoms with E-state index in [1.54, 1.807) is 10.7 Å². The molecule has 0 saturated carbocycles. The normalized spacial score (nSPS) is 12.3. The minimum atomic E-state index is -0.268. The molecule has 0 aliphatic heterocycles. The molecule has 9 nitrogen and oxygen atoms in total. The van der Waals surface area contributed by atoms with Gasteiger partial charge in [-0.2, -0.15) is 10.4 Å². The van der Waals surface area contributed by atoms with Crippen LogP contribution in [0.4, 0.5) is 0 Å². The molecule has 4 aromatic heterocycles. The summed E-state index contributed by atoms with van der Waals surface area (Å²) in [6.07, 6.45) is 6.18. The van der Waals surface area contributed by atoms with Crippen LogP contribution in [0, 0.1) is 18.3 Å². The van der Waals surface area contributed by atoms with Gasteiger partial charge < -0.3 is 0 Å². The molecular formula is C22H25N9. The quantitative estimate of drug-likeness (QED) is 0.542. The van der Waals surface area contributed by atoms with Gasteiger partial charge in [-0.15, -0.1) is 5.10 Å². The molecule has 158 valence electrons. The molecule has 1 N–H and O–H groups in total. The minimum Gasteiger partial charge on any atom is -0.261 e. The fourth-order valence-corrected chi connectivity index (χ4v) is 3.60. The van der Waals surface area contributed by atoms with Gasteiger partial charge in [-0.25, -0.2) is 19.5 Å². The Morgan fingerprint density at radius 3 is 2.65 bits per heavy atom. The van der Waals surface area contributed by atoms with E-state index >= 15 is 0 Å². The SMILES string of the molecule is Cc1nn2cc(C(C)(C)Cc3ccnc(-c4nn[nH]c4C(C)(C)C)n3)cnc2c1C#N. The van der Waals surface area contributed by atoms with E-state index in [0.717, 1.165) is 17.0 Å². The summed E-state index contributed by atoms with van der Waals surface area (Å²) in [7, 11) is 0. The Kier molecular flexibility index (Phi) is 4.81. The van der Waals surface area contributed by atoms with Crippen LogP contribution in [0.2, 0.25) is 0 Å². The fraction of sp³-hybridized carbons (Fsp3) is 0.409. The maximum Gasteiger partial charge on any atom is 0.182 e. The van der Waals surface area contributed by atoms with Crippen LogP contribution in [0.1, 0.15) is 62.8 Å². The predicted octanol–water partition coefficient (Wildman–Crippen LogP) is 3.30. The third kappa shape index (κ3) is 3.77. The lowest BCUT2D eigenvalue weighted by Gasteiger charge is -2.24. The van der Waals surface area contributed by atoms with Crippen molar-refractivity contribution in [2.24, 2.45) is 0 Å². The molecule has 0 unspecified atom stereocenters. The van der Waals surface area contributed by atoms with Crippen molar-refractivity contribution in [3.63, 3.8) is 0 Å². The highest BCUT2D eigenvalue weighted by molar-refractivity contribution is 5.57. The number of H-pyrrole nitrogens is 1. The van der Waals surface area contributed by atoms with E-state index in [2.05, 4.69) is 71.2 Å². The molecule has 4 heterocycles. The Morgan fingerprint density at radius 1 is 1.16 bits per heavy atom. The number of nitrogens with zero attached hydrogens (tertiary/aromatic N) is 8. The molecule has 31 heavy (non-hydrogen) atoms. The summed E-state index contributed by atoms with van der Waals surface area (Å²) < 4.78 is 1.68. The molecular weight excluding hydrogens is 390 g/mol. The van der Waals surface area contributed by atoms with Crippen molar-refractivity contribution in [3.8, 4) is 17.6 Å². The van der Waals surface area contributed by atoms with Gasteiger partial charge >= 0.3 is 0 Å². The van der Waals surface area contributed by atoms with E-state index in [1.807, 2.05) is 25.4 Å². The number of nitrogens with one attached hydrogen (secondary N) is 1. The highest BCUT2D eigenvalue weighted by atomic mass is 15.3. The average molecular weight is 416 g/mol. The summed E-state index contributed by atoms with van der Waals surface area (Å²) in [5, 5.41) is 24.9. The van der Waals surface area contributed by atoms with Crippen molar-refractivity contribution < 1.29 is 0 Å². The zero-order valence-corrected chi connectivity index (χ0v) is 18.6. The molecule has 0 saturated heterocycles. The van der Waals surface area contributed by atoms with Gasteiger partial charge in [0.05, 0.1) is 11.4 Å². The number of aromatic amines is 1. The number of fused-ring (bicyclic) bond motifs is 1. The van der Waals surface area contributed by atoms with Crippen LogP contribution < -0.4 is 0 Å². The molecule has 4 rings (SSSR count). The second-order valence-corrected chi connectivity index (χ2v) is 9.40. The van der Waals surface area contributed by atoms with Gasteiger partial charge in [0.1, 0.15) is 11.6 Å². The lowest BCUT2D eigenvalue weighted by atomic mass is 9.82. The lowest BCUT2D eigenvalue weighted by molar-refractivity contribution is 0.509. The number of rotatable bonds is 4. The van der Waals surface area contributed by atoms with Gasteiger partial charge in [-0.3, -0.25) is 5.10 Å². The van der Waals surface area contributed by atoms with Gasteiger partial charge in [-0.1, -0.05) is 39.8 Å². The van der Waals surface area contributed by atoms with Crippen molar-refractivity contribution in [3.05, 3.63) is 52.9 Å². The first-order valence-corrected chi connectivity index (χ1v) is 10.1. The minimum absolute atomic E-state index is 0.150. The standard InChI is InChI=1S/C22H25N9/c1-13-16(10-23)20-25-11-14(12-31(20)29-13)22(5,6)9-15-7-8-24-19(26-15)17-18(21(2,3)4)28-30-27-17/h7-8,11-12H,9H2,1-6H3,(H,27,28,30). The summed E-state index contributed by atoms with van der Waals surface area (Å²) in [6, 6.07) is 4.09. The second-order valence-electron chi connectivity index (χ2n) is 9.40. The molecule has 0 aliphatic carbocycles. The molecule has 0 fully saturated rings. The van der Waals surface area contributed by atoms with Crippen molar-refractivity contribution in [2.75, 3.05) is 0 Å². The van der Waals surface area contributed by atoms with E-state index < -0.39 is 0 Å². The molecule has 0 atom stereocenters. The maximum absolute atomic E-state index is 9.33. The Hall–Kier alpha value is -3.67. The third-order valence-corrected chi connectivity index (χ3v) is 5.39. The zero-order valence-electron chi connectivity index (χ0n) is 18.6. The molecule has 0 bridgehead atoms. The second kappa shape index (κ2) is 7.23. The van der Waals surface area contributed by atoms with Crippen molar-refractivity contribution in [1.82, 2.24) is 40.0 Å². The summed E-state index contributed by atoms with van der Waals surface area (Å²) in [6.45, 7) is 12.4. The van der Waals surface area contributed by atoms with Gasteiger partial charge in [0, 0.05) is 29.7 Å². The van der Waals surface area contributed by atoms with Crippen LogP contribution in [0.3, 0.4) is 0 Å². The van der Waals surface area contributed by atoms with Crippen molar-refractivity contribution in [1.29, 1.82) is 5.26 Å². The fourth-order valence-electron chi connectivity index (χ4n) is 3.60. The highest BCUT2D eigenvalue weighted by Crippen LogP contribution is 2.30. The number of aryl methyl sites for hydroxylation is 1. The molecule has 4 aromatic rings. The molecule has 0 amide bonds. The third-order valence-electron chi connectivity index (χ3n) is 5.39. The predicted molar refractivity (Wildman–Crippen MR) is 115 cm³/mol. The van der Waals surface area contributed by atoms with E-state index in [0.29, 0.717) is 34.8 Å². The van der Waals surface area contributed by atoms with Gasteiger partial charge in [-0.05, 0) is 30.4 Å². The van der Waals surface area contributed by atoms with Crippen molar-refractivity contribution >= 4 is 5.65 Å². The summed E-state index contributed by atoms with van der Waals surface area (Å²) in [5.74, 6) is 0.557. The summed E-state index contributed by atoms with van der Waals surface area (Å²) in [5.41, 5.74) is 4.81. The number of aromatic nitrogens is 8. The topological polar surface area (TPSA) is 121 Å². The highest BCUT2D eigenvalue weighted by Gasteiger charge is 2.27. The molecule has 0 aliphatic rings. The van der Waals surface area contributed by atoms with E-state index in [9.17, 15) is 5.26 Å². The molecule has 0 radical (unpaired) electrons. The molecule has 0 spiro atoms. The van der Waals surface area contributed by atoms with Crippen LogP contribution in [0.15, 0.2) is 24.7 Å². The van der Waals surface area contributed by atoms with Gasteiger partial charge in [0.25, 0.3) is 0 Å². The first kappa shape index (κ1) is 20.6. The largest absolute Gasteiger partial charge is 0.261 e. The van der Waals surface area contributed by atoms with E-state index in [1.165, 1.54) is 0 Å². The molecule has 9 heteroatoms. The Labute approximate surface area is 180 Å². The lowest BCUT2D eigenvalue weighted by Crippen LogP contribution is -2.22. The van der Waals surface area contributed by atoms with Gasteiger partial charge in [0.2, 0.25) is 0 Å². The van der Waals surface area contributed by atoms with Crippen molar-refractivity contribution in [2.45, 2.75) is 58.8 Å². The number of nitriles is 1. The average Bonchev–Trinajstić information content (AvgIpc) is 3.31. The summed E-state index contributed by atoms with van der Waals surface area (Å²) in [4.78, 5) is 13.7. The number of hydrogen-bond acceptors (Lipinski definition) is 7.